The number of rotatable bonds is 5. The number of hydrogen-bond acceptors (Lipinski definition) is 6. The molecular formula is C15H16N4O6. The summed E-state index contributed by atoms with van der Waals surface area (Å²) in [5, 5.41) is 11.7. The highest BCUT2D eigenvalue weighted by atomic mass is 17.0. The summed E-state index contributed by atoms with van der Waals surface area (Å²) in [7, 11) is 0. The zero-order valence-corrected chi connectivity index (χ0v) is 13.4. The van der Waals surface area contributed by atoms with Gasteiger partial charge in [-0.1, -0.05) is 12.1 Å². The minimum atomic E-state index is -0.879. The zero-order chi connectivity index (χ0) is 17.7. The number of aliphatic carboxylic acids is 1. The van der Waals surface area contributed by atoms with Crippen LogP contribution in [-0.4, -0.2) is 57.1 Å². The second kappa shape index (κ2) is 5.43. The number of carboxylic acid groups (broad SMARTS) is 1. The Bertz CT molecular complexity index is 813. The number of hydrogen-bond donors (Lipinski definition) is 1. The van der Waals surface area contributed by atoms with E-state index in [2.05, 4.69) is 0 Å². The normalized spacial score (nSPS) is 21.1. The summed E-state index contributed by atoms with van der Waals surface area (Å²) in [6.45, 7) is 2.38. The van der Waals surface area contributed by atoms with Gasteiger partial charge in [0.25, 0.3) is 11.8 Å². The molecule has 0 aliphatic carbocycles. The Morgan fingerprint density at radius 1 is 1.28 bits per heavy atom. The van der Waals surface area contributed by atoms with Crippen LogP contribution in [0.2, 0.25) is 0 Å². The molecule has 2 aliphatic heterocycles. The van der Waals surface area contributed by atoms with Crippen molar-refractivity contribution in [2.75, 3.05) is 18.1 Å². The third kappa shape index (κ3) is 2.46. The minimum Gasteiger partial charge on any atom is -0.481 e. The Hall–Kier alpha value is -3.17. The van der Waals surface area contributed by atoms with E-state index >= 15 is 0 Å². The number of fused-ring (bicyclic) bond motifs is 1. The first kappa shape index (κ1) is 15.4. The van der Waals surface area contributed by atoms with Crippen LogP contribution in [0.25, 0.3) is 0 Å². The van der Waals surface area contributed by atoms with Crippen molar-refractivity contribution in [1.29, 1.82) is 0 Å². The predicted molar refractivity (Wildman–Crippen MR) is 81.4 cm³/mol. The molecule has 0 spiro atoms. The van der Waals surface area contributed by atoms with Crippen LogP contribution in [-0.2, 0) is 4.79 Å². The van der Waals surface area contributed by atoms with Gasteiger partial charge in [0.15, 0.2) is 0 Å². The first-order valence-corrected chi connectivity index (χ1v) is 7.87. The van der Waals surface area contributed by atoms with Crippen LogP contribution in [0.5, 0.6) is 0 Å². The lowest BCUT2D eigenvalue weighted by molar-refractivity contribution is -0.141. The molecule has 0 bridgehead atoms. The predicted octanol–water partition coefficient (Wildman–Crippen LogP) is -0.00410. The van der Waals surface area contributed by atoms with E-state index in [1.807, 2.05) is 0 Å². The van der Waals surface area contributed by atoms with Crippen LogP contribution in [0.3, 0.4) is 0 Å². The van der Waals surface area contributed by atoms with Gasteiger partial charge in [0.05, 0.1) is 23.6 Å². The van der Waals surface area contributed by atoms with E-state index in [0.29, 0.717) is 30.6 Å². The lowest BCUT2D eigenvalue weighted by atomic mass is 10.1. The van der Waals surface area contributed by atoms with Gasteiger partial charge in [0.1, 0.15) is 5.02 Å². The number of carbonyl (C=O) groups excluding carboxylic acids is 2. The summed E-state index contributed by atoms with van der Waals surface area (Å²) in [5.41, 5.74) is 0.686. The van der Waals surface area contributed by atoms with Crippen LogP contribution in [0, 0.1) is 5.92 Å². The molecule has 2 amide bonds. The molecule has 1 saturated heterocycles. The lowest BCUT2D eigenvalue weighted by Crippen LogP contribution is -2.44. The number of amides is 2. The van der Waals surface area contributed by atoms with Crippen molar-refractivity contribution in [2.45, 2.75) is 19.6 Å². The van der Waals surface area contributed by atoms with E-state index < -0.39 is 29.9 Å². The highest BCUT2D eigenvalue weighted by Gasteiger charge is 2.41. The number of aromatic nitrogens is 2. The van der Waals surface area contributed by atoms with Crippen molar-refractivity contribution in [2.24, 2.45) is 5.92 Å². The fourth-order valence-corrected chi connectivity index (χ4v) is 3.08. The molecular weight excluding hydrogens is 332 g/mol. The minimum absolute atomic E-state index is 0.302. The monoisotopic (exact) mass is 348 g/mol. The average Bonchev–Trinajstić information content (AvgIpc) is 3.06. The molecule has 2 atom stereocenters. The molecule has 3 heterocycles. The standard InChI is InChI=1S/C15H16N4O6/c1-9(17-13(20)11-4-2-3-5-12(11)14(17)21)24-19-18(25-19)16-7-6-10(8-16)15(22)23/h2-5,9-10H,6-8H2,1H3,(H,22,23). The van der Waals surface area contributed by atoms with Gasteiger partial charge in [-0.3, -0.25) is 19.4 Å². The molecule has 2 unspecified atom stereocenters. The molecule has 1 aromatic carbocycles. The molecule has 0 radical (unpaired) electrons. The summed E-state index contributed by atoms with van der Waals surface area (Å²) >= 11 is 0. The van der Waals surface area contributed by atoms with Crippen LogP contribution in [0.4, 0.5) is 0 Å². The number of benzene rings is 1. The number of imide groups is 1. The third-order valence-corrected chi connectivity index (χ3v) is 4.45. The Balaban J connectivity index is 1.42. The molecule has 10 heteroatoms. The second-order valence-electron chi connectivity index (χ2n) is 6.04. The van der Waals surface area contributed by atoms with Crippen LogP contribution in [0.1, 0.15) is 34.1 Å². The summed E-state index contributed by atoms with van der Waals surface area (Å²) in [4.78, 5) is 43.5. The van der Waals surface area contributed by atoms with E-state index in [9.17, 15) is 14.4 Å². The first-order chi connectivity index (χ1) is 12.0. The van der Waals surface area contributed by atoms with Gasteiger partial charge in [0.2, 0.25) is 6.23 Å². The van der Waals surface area contributed by atoms with Crippen molar-refractivity contribution in [3.8, 4) is 0 Å². The summed E-state index contributed by atoms with van der Waals surface area (Å²) in [5.74, 6) is -2.15. The van der Waals surface area contributed by atoms with E-state index in [1.54, 1.807) is 36.2 Å². The Morgan fingerprint density at radius 3 is 2.48 bits per heavy atom. The highest BCUT2D eigenvalue weighted by molar-refractivity contribution is 6.21. The Kier molecular flexibility index (Phi) is 3.34. The van der Waals surface area contributed by atoms with Crippen molar-refractivity contribution in [1.82, 2.24) is 14.9 Å². The van der Waals surface area contributed by atoms with Crippen LogP contribution >= 0.6 is 0 Å². The molecule has 2 aliphatic rings. The maximum atomic E-state index is 12.4. The molecule has 4 rings (SSSR count). The third-order valence-electron chi connectivity index (χ3n) is 4.45. The van der Waals surface area contributed by atoms with E-state index in [4.69, 9.17) is 14.6 Å². The van der Waals surface area contributed by atoms with E-state index in [-0.39, 0.29) is 0 Å². The molecule has 25 heavy (non-hydrogen) atoms. The molecule has 10 nitrogen and oxygen atoms in total. The van der Waals surface area contributed by atoms with Crippen LogP contribution in [0.15, 0.2) is 28.9 Å². The zero-order valence-electron chi connectivity index (χ0n) is 13.4. The number of carboxylic acids is 1. The fourth-order valence-electron chi connectivity index (χ4n) is 3.08. The topological polar surface area (TPSA) is 110 Å². The molecule has 132 valence electrons. The van der Waals surface area contributed by atoms with Crippen molar-refractivity contribution in [3.05, 3.63) is 35.4 Å². The number of nitrogens with zero attached hydrogens (tertiary/aromatic N) is 4. The lowest BCUT2D eigenvalue weighted by Gasteiger charge is -2.19. The van der Waals surface area contributed by atoms with E-state index in [0.717, 1.165) is 9.92 Å². The van der Waals surface area contributed by atoms with Gasteiger partial charge in [-0.15, -0.1) is 0 Å². The smallest absolute Gasteiger partial charge is 0.308 e. The summed E-state index contributed by atoms with van der Waals surface area (Å²) < 4.78 is 5.13. The quantitative estimate of drug-likeness (QED) is 0.757. The van der Waals surface area contributed by atoms with E-state index in [1.165, 1.54) is 4.96 Å². The van der Waals surface area contributed by atoms with Gasteiger partial charge in [-0.25, -0.2) is 4.90 Å². The maximum absolute atomic E-state index is 12.4. The Morgan fingerprint density at radius 2 is 1.92 bits per heavy atom. The number of carbonyl (C=O) groups is 3. The summed E-state index contributed by atoms with van der Waals surface area (Å²) in [6.07, 6.45) is -0.368. The average molecular weight is 348 g/mol. The van der Waals surface area contributed by atoms with Gasteiger partial charge in [-0.05, 0) is 25.5 Å². The summed E-state index contributed by atoms with van der Waals surface area (Å²) in [6, 6.07) is 6.58. The Labute approximate surface area is 141 Å². The van der Waals surface area contributed by atoms with Gasteiger partial charge < -0.3 is 9.94 Å². The molecule has 0 saturated carbocycles. The highest BCUT2D eigenvalue weighted by Crippen LogP contribution is 2.24. The molecule has 1 N–H and O–H groups in total. The second-order valence-corrected chi connectivity index (χ2v) is 6.04. The molecule has 1 fully saturated rings. The van der Waals surface area contributed by atoms with Crippen molar-refractivity contribution >= 4 is 17.8 Å². The van der Waals surface area contributed by atoms with Gasteiger partial charge in [0, 0.05) is 11.5 Å². The SMILES string of the molecule is CC(On1on1N1CCC(C(=O)O)C1)N1C(=O)c2ccccc2C1=O. The van der Waals surface area contributed by atoms with Gasteiger partial charge in [-0.2, -0.15) is 4.63 Å². The van der Waals surface area contributed by atoms with Crippen molar-refractivity contribution in [3.63, 3.8) is 0 Å². The van der Waals surface area contributed by atoms with Gasteiger partial charge >= 0.3 is 5.97 Å². The molecule has 1 aromatic heterocycles. The van der Waals surface area contributed by atoms with Crippen LogP contribution < -0.4 is 9.85 Å². The van der Waals surface area contributed by atoms with Crippen molar-refractivity contribution < 1.29 is 29.0 Å². The molecule has 2 aromatic rings. The first-order valence-electron chi connectivity index (χ1n) is 7.87. The largest absolute Gasteiger partial charge is 0.481 e. The maximum Gasteiger partial charge on any atom is 0.308 e. The fraction of sp³-hybridized carbons (Fsp3) is 0.400.